The Hall–Kier alpha value is -2.96. The van der Waals surface area contributed by atoms with E-state index in [1.807, 2.05) is 6.07 Å². The molecular weight excluding hydrogens is 332 g/mol. The second kappa shape index (κ2) is 7.51. The second-order valence-corrected chi connectivity index (χ2v) is 6.11. The summed E-state index contributed by atoms with van der Waals surface area (Å²) >= 11 is 0. The van der Waals surface area contributed by atoms with Crippen molar-refractivity contribution in [2.45, 2.75) is 19.5 Å². The number of nitrogens with zero attached hydrogens (tertiary/aromatic N) is 1. The van der Waals surface area contributed by atoms with Gasteiger partial charge in [0.25, 0.3) is 5.56 Å². The number of hydrogen-bond donors (Lipinski definition) is 3. The predicted octanol–water partition coefficient (Wildman–Crippen LogP) is 2.16. The molecule has 6 nitrogen and oxygen atoms in total. The predicted molar refractivity (Wildman–Crippen MR) is 99.9 cm³/mol. The summed E-state index contributed by atoms with van der Waals surface area (Å²) in [5, 5.41) is 22.9. The highest BCUT2D eigenvalue weighted by atomic mass is 16.4. The maximum absolute atomic E-state index is 13.1. The summed E-state index contributed by atoms with van der Waals surface area (Å²) in [5.74, 6) is -1.10. The van der Waals surface area contributed by atoms with Gasteiger partial charge >= 0.3 is 5.97 Å². The summed E-state index contributed by atoms with van der Waals surface area (Å²) in [6.07, 6.45) is 0. The molecule has 3 N–H and O–H groups in total. The lowest BCUT2D eigenvalue weighted by Gasteiger charge is -2.20. The number of rotatable bonds is 6. The lowest BCUT2D eigenvalue weighted by molar-refractivity contribution is 0.0696. The minimum atomic E-state index is -1.10. The van der Waals surface area contributed by atoms with Crippen molar-refractivity contribution in [1.82, 2.24) is 9.88 Å². The van der Waals surface area contributed by atoms with E-state index in [2.05, 4.69) is 5.32 Å². The van der Waals surface area contributed by atoms with Gasteiger partial charge in [-0.25, -0.2) is 4.79 Å². The van der Waals surface area contributed by atoms with Crippen molar-refractivity contribution in [2.24, 2.45) is 0 Å². The average molecular weight is 352 g/mol. The highest BCUT2D eigenvalue weighted by Gasteiger charge is 2.22. The molecule has 2 aromatic carbocycles. The van der Waals surface area contributed by atoms with Gasteiger partial charge in [0.1, 0.15) is 0 Å². The largest absolute Gasteiger partial charge is 0.478 e. The number of aromatic carboxylic acids is 1. The van der Waals surface area contributed by atoms with Crippen LogP contribution in [-0.2, 0) is 6.54 Å². The maximum atomic E-state index is 13.1. The number of fused-ring (bicyclic) bond motifs is 1. The molecule has 134 valence electrons. The van der Waals surface area contributed by atoms with E-state index in [0.29, 0.717) is 22.2 Å². The zero-order valence-electron chi connectivity index (χ0n) is 14.3. The highest BCUT2D eigenvalue weighted by Crippen LogP contribution is 2.22. The van der Waals surface area contributed by atoms with E-state index >= 15 is 0 Å². The first kappa shape index (κ1) is 17.8. The summed E-state index contributed by atoms with van der Waals surface area (Å²) in [6, 6.07) is 15.4. The Morgan fingerprint density at radius 1 is 1.08 bits per heavy atom. The highest BCUT2D eigenvalue weighted by molar-refractivity contribution is 6.04. The Labute approximate surface area is 150 Å². The summed E-state index contributed by atoms with van der Waals surface area (Å²) in [5.41, 5.74) is 0.763. The van der Waals surface area contributed by atoms with E-state index in [4.69, 9.17) is 0 Å². The maximum Gasteiger partial charge on any atom is 0.338 e. The van der Waals surface area contributed by atoms with E-state index in [9.17, 15) is 19.8 Å². The van der Waals surface area contributed by atoms with Crippen LogP contribution in [0.4, 0.5) is 0 Å². The van der Waals surface area contributed by atoms with Gasteiger partial charge in [0.05, 0.1) is 17.9 Å². The van der Waals surface area contributed by atoms with Crippen LogP contribution in [0.5, 0.6) is 0 Å². The molecule has 3 rings (SSSR count). The van der Waals surface area contributed by atoms with Gasteiger partial charge in [-0.3, -0.25) is 9.36 Å². The van der Waals surface area contributed by atoms with Crippen LogP contribution in [0.2, 0.25) is 0 Å². The van der Waals surface area contributed by atoms with Crippen LogP contribution in [0.1, 0.15) is 23.0 Å². The van der Waals surface area contributed by atoms with Crippen molar-refractivity contribution >= 4 is 16.7 Å². The van der Waals surface area contributed by atoms with Crippen molar-refractivity contribution in [1.29, 1.82) is 0 Å². The first-order valence-corrected chi connectivity index (χ1v) is 8.34. The van der Waals surface area contributed by atoms with E-state index in [0.717, 1.165) is 0 Å². The normalized spacial score (nSPS) is 12.2. The number of carboxylic acids is 1. The molecule has 1 atom stereocenters. The van der Waals surface area contributed by atoms with Gasteiger partial charge in [-0.05, 0) is 25.1 Å². The number of aliphatic hydroxyl groups excluding tert-OH is 1. The number of aliphatic hydroxyl groups is 1. The minimum absolute atomic E-state index is 0.0849. The number of pyridine rings is 1. The van der Waals surface area contributed by atoms with Crippen molar-refractivity contribution in [3.8, 4) is 5.69 Å². The number of carbonyl (C=O) groups is 1. The molecule has 0 fully saturated rings. The molecular formula is C20H20N2O4. The smallest absolute Gasteiger partial charge is 0.338 e. The summed E-state index contributed by atoms with van der Waals surface area (Å²) < 4.78 is 1.43. The van der Waals surface area contributed by atoms with E-state index in [1.54, 1.807) is 55.5 Å². The van der Waals surface area contributed by atoms with Crippen molar-refractivity contribution < 1.29 is 15.0 Å². The second-order valence-electron chi connectivity index (χ2n) is 6.11. The fraction of sp³-hybridized carbons (Fsp3) is 0.200. The Balaban J connectivity index is 2.37. The van der Waals surface area contributed by atoms with Crippen LogP contribution in [0, 0.1) is 0 Å². The standard InChI is InChI=1S/C20H20N2O4/c1-13(12-23)21-11-17-18(20(25)26)15-9-5-6-10-16(15)19(24)22(17)14-7-3-2-4-8-14/h2-10,13,21,23H,11-12H2,1H3,(H,25,26)/t13-/m0/s1. The van der Waals surface area contributed by atoms with E-state index in [1.165, 1.54) is 4.57 Å². The zero-order chi connectivity index (χ0) is 18.7. The Morgan fingerprint density at radius 3 is 2.31 bits per heavy atom. The van der Waals surface area contributed by atoms with Gasteiger partial charge in [-0.2, -0.15) is 0 Å². The Bertz CT molecular complexity index is 996. The van der Waals surface area contributed by atoms with Gasteiger partial charge in [0.2, 0.25) is 0 Å². The summed E-state index contributed by atoms with van der Waals surface area (Å²) in [4.78, 5) is 25.2. The SMILES string of the molecule is C[C@@H](CO)NCc1c(C(=O)O)c2ccccc2c(=O)n1-c1ccccc1. The quantitative estimate of drug-likeness (QED) is 0.632. The lowest BCUT2D eigenvalue weighted by Crippen LogP contribution is -2.34. The number of para-hydroxylation sites is 1. The molecule has 0 saturated heterocycles. The van der Waals surface area contributed by atoms with Crippen LogP contribution < -0.4 is 10.9 Å². The molecule has 0 spiro atoms. The molecule has 0 aliphatic heterocycles. The van der Waals surface area contributed by atoms with Gasteiger partial charge in [-0.1, -0.05) is 36.4 Å². The van der Waals surface area contributed by atoms with Gasteiger partial charge in [-0.15, -0.1) is 0 Å². The van der Waals surface area contributed by atoms with Crippen molar-refractivity contribution in [3.05, 3.63) is 76.2 Å². The molecule has 0 bridgehead atoms. The number of nitrogens with one attached hydrogen (secondary N) is 1. The third-order valence-corrected chi connectivity index (χ3v) is 4.31. The molecule has 26 heavy (non-hydrogen) atoms. The molecule has 0 amide bonds. The first-order chi connectivity index (χ1) is 12.5. The molecule has 3 aromatic rings. The number of carboxylic acid groups (broad SMARTS) is 1. The summed E-state index contributed by atoms with van der Waals surface area (Å²) in [7, 11) is 0. The monoisotopic (exact) mass is 352 g/mol. The van der Waals surface area contributed by atoms with Crippen LogP contribution in [-0.4, -0.2) is 33.4 Å². The molecule has 1 heterocycles. The third kappa shape index (κ3) is 3.24. The van der Waals surface area contributed by atoms with Gasteiger partial charge in [0.15, 0.2) is 0 Å². The third-order valence-electron chi connectivity index (χ3n) is 4.31. The Kier molecular flexibility index (Phi) is 5.16. The van der Waals surface area contributed by atoms with Crippen LogP contribution >= 0.6 is 0 Å². The molecule has 0 radical (unpaired) electrons. The fourth-order valence-electron chi connectivity index (χ4n) is 2.99. The van der Waals surface area contributed by atoms with Crippen LogP contribution in [0.3, 0.4) is 0 Å². The molecule has 0 aliphatic carbocycles. The molecule has 6 heteroatoms. The fourth-order valence-corrected chi connectivity index (χ4v) is 2.99. The Morgan fingerprint density at radius 2 is 1.69 bits per heavy atom. The number of aromatic nitrogens is 1. The van der Waals surface area contributed by atoms with Gasteiger partial charge in [0, 0.05) is 29.0 Å². The molecule has 0 unspecified atom stereocenters. The van der Waals surface area contributed by atoms with Gasteiger partial charge < -0.3 is 15.5 Å². The number of hydrogen-bond acceptors (Lipinski definition) is 4. The topological polar surface area (TPSA) is 91.6 Å². The van der Waals surface area contributed by atoms with E-state index < -0.39 is 5.97 Å². The first-order valence-electron chi connectivity index (χ1n) is 8.34. The molecule has 0 aliphatic rings. The minimum Gasteiger partial charge on any atom is -0.478 e. The lowest BCUT2D eigenvalue weighted by atomic mass is 10.0. The van der Waals surface area contributed by atoms with Crippen LogP contribution in [0.25, 0.3) is 16.5 Å². The van der Waals surface area contributed by atoms with Crippen LogP contribution in [0.15, 0.2) is 59.4 Å². The van der Waals surface area contributed by atoms with Crippen molar-refractivity contribution in [3.63, 3.8) is 0 Å². The number of benzene rings is 2. The average Bonchev–Trinajstić information content (AvgIpc) is 2.66. The zero-order valence-corrected chi connectivity index (χ0v) is 14.3. The molecule has 0 saturated carbocycles. The van der Waals surface area contributed by atoms with Crippen molar-refractivity contribution in [2.75, 3.05) is 6.61 Å². The summed E-state index contributed by atoms with van der Waals surface area (Å²) in [6.45, 7) is 1.83. The molecule has 1 aromatic heterocycles. The van der Waals surface area contributed by atoms with E-state index in [-0.39, 0.29) is 30.3 Å².